The van der Waals surface area contributed by atoms with Crippen molar-refractivity contribution >= 4 is 11.7 Å². The van der Waals surface area contributed by atoms with Crippen LogP contribution in [0.3, 0.4) is 0 Å². The highest BCUT2D eigenvalue weighted by atomic mass is 19.4. The topological polar surface area (TPSA) is 98.2 Å². The molecule has 1 aliphatic carbocycles. The molecule has 7 nitrogen and oxygen atoms in total. The summed E-state index contributed by atoms with van der Waals surface area (Å²) in [5, 5.41) is 6.62. The van der Waals surface area contributed by atoms with Crippen molar-refractivity contribution in [1.82, 2.24) is 24.9 Å². The van der Waals surface area contributed by atoms with Gasteiger partial charge in [0.1, 0.15) is 11.4 Å². The van der Waals surface area contributed by atoms with Gasteiger partial charge in [0.25, 0.3) is 5.78 Å². The van der Waals surface area contributed by atoms with E-state index in [1.54, 1.807) is 0 Å². The minimum absolute atomic E-state index is 0.0299. The van der Waals surface area contributed by atoms with Gasteiger partial charge in [0.15, 0.2) is 0 Å². The summed E-state index contributed by atoms with van der Waals surface area (Å²) in [5.74, 6) is -6.21. The summed E-state index contributed by atoms with van der Waals surface area (Å²) >= 11 is 0. The van der Waals surface area contributed by atoms with Crippen molar-refractivity contribution in [3.8, 4) is 0 Å². The molecule has 0 bridgehead atoms. The smallest absolute Gasteiger partial charge is 0.355 e. The van der Waals surface area contributed by atoms with Crippen molar-refractivity contribution in [3.05, 3.63) is 23.3 Å². The molecule has 0 unspecified atom stereocenters. The molecule has 0 spiro atoms. The third kappa shape index (κ3) is 5.54. The highest BCUT2D eigenvalue weighted by molar-refractivity contribution is 5.79. The Morgan fingerprint density at radius 3 is 2.46 bits per heavy atom. The Bertz CT molecular complexity index is 1080. The molecule has 4 rings (SSSR count). The number of alkyl halides is 6. The first-order valence-electron chi connectivity index (χ1n) is 11.6. The van der Waals surface area contributed by atoms with E-state index in [2.05, 4.69) is 20.4 Å². The maximum Gasteiger partial charge on any atom is 0.393 e. The monoisotopic (exact) mass is 506 g/mol. The van der Waals surface area contributed by atoms with E-state index < -0.39 is 54.5 Å². The van der Waals surface area contributed by atoms with Crippen LogP contribution >= 0.6 is 0 Å². The van der Waals surface area contributed by atoms with E-state index in [0.717, 1.165) is 0 Å². The SMILES string of the molecule is CC(C)(F)c1nc2nc([C@@H](N)C3CCC(F)(F)CC3)cn2nc1C[C@H]1C[C@@H](C(F)(F)F)CNC1=O. The van der Waals surface area contributed by atoms with Crippen LogP contribution < -0.4 is 11.1 Å². The molecule has 1 saturated heterocycles. The third-order valence-electron chi connectivity index (χ3n) is 6.94. The van der Waals surface area contributed by atoms with Gasteiger partial charge < -0.3 is 11.1 Å². The summed E-state index contributed by atoms with van der Waals surface area (Å²) in [6, 6.07) is -0.656. The molecule has 0 radical (unpaired) electrons. The van der Waals surface area contributed by atoms with Gasteiger partial charge in [-0.2, -0.15) is 18.3 Å². The van der Waals surface area contributed by atoms with Crippen molar-refractivity contribution in [3.63, 3.8) is 0 Å². The third-order valence-corrected chi connectivity index (χ3v) is 6.94. The van der Waals surface area contributed by atoms with Gasteiger partial charge in [0.2, 0.25) is 11.8 Å². The van der Waals surface area contributed by atoms with Gasteiger partial charge in [-0.05, 0) is 39.0 Å². The Morgan fingerprint density at radius 1 is 1.20 bits per heavy atom. The van der Waals surface area contributed by atoms with Crippen molar-refractivity contribution < 1.29 is 31.1 Å². The average molecular weight is 506 g/mol. The zero-order valence-electron chi connectivity index (χ0n) is 19.4. The number of carbonyl (C=O) groups excluding carboxylic acids is 1. The molecule has 1 amide bonds. The van der Waals surface area contributed by atoms with Crippen molar-refractivity contribution in [1.29, 1.82) is 0 Å². The fourth-order valence-electron chi connectivity index (χ4n) is 4.87. The van der Waals surface area contributed by atoms with Crippen molar-refractivity contribution in [2.45, 2.75) is 76.2 Å². The summed E-state index contributed by atoms with van der Waals surface area (Å²) < 4.78 is 83.0. The van der Waals surface area contributed by atoms with Crippen LogP contribution in [0.2, 0.25) is 0 Å². The maximum atomic E-state index is 15.0. The van der Waals surface area contributed by atoms with Crippen LogP contribution in [0.5, 0.6) is 0 Å². The average Bonchev–Trinajstić information content (AvgIpc) is 3.16. The predicted molar refractivity (Wildman–Crippen MR) is 113 cm³/mol. The molecule has 1 aliphatic heterocycles. The fraction of sp³-hybridized carbons (Fsp3) is 0.727. The molecule has 13 heteroatoms. The van der Waals surface area contributed by atoms with Crippen molar-refractivity contribution in [2.24, 2.45) is 23.5 Å². The summed E-state index contributed by atoms with van der Waals surface area (Å²) in [7, 11) is 0. The molecule has 1 saturated carbocycles. The number of nitrogens with zero attached hydrogens (tertiary/aromatic N) is 4. The van der Waals surface area contributed by atoms with Crippen LogP contribution in [0.15, 0.2) is 6.20 Å². The second-order valence-corrected chi connectivity index (χ2v) is 10.1. The van der Waals surface area contributed by atoms with E-state index in [-0.39, 0.29) is 55.2 Å². The molecule has 2 aromatic heterocycles. The lowest BCUT2D eigenvalue weighted by molar-refractivity contribution is -0.183. The Morgan fingerprint density at radius 2 is 1.86 bits per heavy atom. The van der Waals surface area contributed by atoms with Gasteiger partial charge in [0, 0.05) is 31.7 Å². The number of nitrogens with one attached hydrogen (secondary N) is 1. The lowest BCUT2D eigenvalue weighted by Gasteiger charge is -2.31. The quantitative estimate of drug-likeness (QED) is 0.598. The second-order valence-electron chi connectivity index (χ2n) is 10.1. The first kappa shape index (κ1) is 25.6. The van der Waals surface area contributed by atoms with Crippen LogP contribution in [0, 0.1) is 17.8 Å². The molecular formula is C22H28F6N6O. The van der Waals surface area contributed by atoms with Gasteiger partial charge >= 0.3 is 6.18 Å². The molecule has 2 aliphatic rings. The molecule has 0 aromatic carbocycles. The molecule has 194 valence electrons. The van der Waals surface area contributed by atoms with E-state index >= 15 is 4.39 Å². The van der Waals surface area contributed by atoms with Crippen LogP contribution in [0.1, 0.15) is 69.1 Å². The normalized spacial score (nSPS) is 25.0. The van der Waals surface area contributed by atoms with E-state index in [1.807, 2.05) is 0 Å². The fourth-order valence-corrected chi connectivity index (χ4v) is 4.87. The van der Waals surface area contributed by atoms with Crippen LogP contribution in [-0.2, 0) is 16.9 Å². The number of aromatic nitrogens is 4. The molecule has 35 heavy (non-hydrogen) atoms. The number of imidazole rings is 1. The molecule has 3 atom stereocenters. The Hall–Kier alpha value is -2.44. The number of hydrogen-bond donors (Lipinski definition) is 2. The van der Waals surface area contributed by atoms with E-state index in [1.165, 1.54) is 24.6 Å². The highest BCUT2D eigenvalue weighted by Gasteiger charge is 2.45. The molecule has 2 aromatic rings. The van der Waals surface area contributed by atoms with Gasteiger partial charge in [-0.15, -0.1) is 0 Å². The molecular weight excluding hydrogens is 478 g/mol. The van der Waals surface area contributed by atoms with Gasteiger partial charge in [-0.3, -0.25) is 4.79 Å². The Labute approximate surface area is 197 Å². The molecule has 2 fully saturated rings. The number of rotatable bonds is 5. The standard InChI is InChI=1S/C22H28F6N6O/c1-20(2,23)17-14(8-12-7-13(22(26,27)28)9-30-18(12)35)33-34-10-15(31-19(34)32-17)16(29)11-3-5-21(24,25)6-4-11/h10-13,16H,3-9,29H2,1-2H3,(H,30,35)/t12-,13-,16+/m1/s1. The first-order valence-corrected chi connectivity index (χ1v) is 11.6. The van der Waals surface area contributed by atoms with Crippen LogP contribution in [0.4, 0.5) is 26.3 Å². The summed E-state index contributed by atoms with van der Waals surface area (Å²) in [6.45, 7) is 1.96. The minimum atomic E-state index is -4.47. The number of halogens is 6. The second kappa shape index (κ2) is 8.90. The first-order chi connectivity index (χ1) is 16.1. The maximum absolute atomic E-state index is 15.0. The highest BCUT2D eigenvalue weighted by Crippen LogP contribution is 2.40. The largest absolute Gasteiger partial charge is 0.393 e. The van der Waals surface area contributed by atoms with Crippen molar-refractivity contribution in [2.75, 3.05) is 6.54 Å². The lowest BCUT2D eigenvalue weighted by Crippen LogP contribution is -2.47. The van der Waals surface area contributed by atoms with Crippen LogP contribution in [0.25, 0.3) is 5.78 Å². The minimum Gasteiger partial charge on any atom is -0.355 e. The van der Waals surface area contributed by atoms with Gasteiger partial charge in [-0.1, -0.05) is 0 Å². The number of hydrogen-bond acceptors (Lipinski definition) is 5. The number of fused-ring (bicyclic) bond motifs is 1. The molecule has 3 N–H and O–H groups in total. The number of amides is 1. The summed E-state index contributed by atoms with van der Waals surface area (Å²) in [4.78, 5) is 20.9. The predicted octanol–water partition coefficient (Wildman–Crippen LogP) is 4.01. The van der Waals surface area contributed by atoms with E-state index in [0.29, 0.717) is 5.69 Å². The Kier molecular flexibility index (Phi) is 6.52. The number of carbonyl (C=O) groups is 1. The van der Waals surface area contributed by atoms with Crippen LogP contribution in [-0.4, -0.2) is 44.1 Å². The van der Waals surface area contributed by atoms with Gasteiger partial charge in [-0.25, -0.2) is 27.7 Å². The summed E-state index contributed by atoms with van der Waals surface area (Å²) in [5.41, 5.74) is 4.55. The van der Waals surface area contributed by atoms with E-state index in [9.17, 15) is 26.7 Å². The number of piperidine rings is 1. The number of nitrogens with two attached hydrogens (primary N) is 1. The van der Waals surface area contributed by atoms with Gasteiger partial charge in [0.05, 0.1) is 29.5 Å². The Balaban J connectivity index is 1.63. The van der Waals surface area contributed by atoms with E-state index in [4.69, 9.17) is 5.73 Å². The molecule has 3 heterocycles. The zero-order chi connectivity index (χ0) is 25.8. The zero-order valence-corrected chi connectivity index (χ0v) is 19.4. The summed E-state index contributed by atoms with van der Waals surface area (Å²) in [6.07, 6.45) is -3.74. The lowest BCUT2D eigenvalue weighted by atomic mass is 9.81.